The normalized spacial score (nSPS) is 11.0. The van der Waals surface area contributed by atoms with E-state index < -0.39 is 0 Å². The van der Waals surface area contributed by atoms with Crippen LogP contribution in [0.5, 0.6) is 0 Å². The van der Waals surface area contributed by atoms with E-state index >= 15 is 0 Å². The number of rotatable bonds is 7. The van der Waals surface area contributed by atoms with Crippen molar-refractivity contribution in [3.05, 3.63) is 216 Å². The molecule has 0 bridgehead atoms. The lowest BCUT2D eigenvalue weighted by atomic mass is 9.98. The minimum Gasteiger partial charge on any atom is -0.309 e. The van der Waals surface area contributed by atoms with Crippen LogP contribution in [-0.2, 0) is 12.8 Å². The number of fused-ring (bicyclic) bond motifs is 6. The van der Waals surface area contributed by atoms with E-state index in [0.717, 1.165) is 12.8 Å². The van der Waals surface area contributed by atoms with Gasteiger partial charge in [0.05, 0.1) is 22.1 Å². The average molecular weight is 757 g/mol. The van der Waals surface area contributed by atoms with Gasteiger partial charge in [0.15, 0.2) is 0 Å². The largest absolute Gasteiger partial charge is 0.309 e. The number of hydrogen-bond donors (Lipinski definition) is 1. The standard InChI is InChI=1S/C50H36N2.C3H8.CH4S/c1-5-13-47-43(9-1)44-10-2-6-14-48(44)51(47)41-29-21-37(22-30-41)33-35-17-25-39(26-18-35)40-27-19-36(20-28-40)34-38-23-31-42(32-24-38)52-49-15-7-3-11-45(49)46-12-4-8-16-50(46)52;1-3-2;1-2/h1-32H,33-34H2;3H2,1-2H3;2H,1H3. The van der Waals surface area contributed by atoms with Crippen LogP contribution in [0.25, 0.3) is 66.1 Å². The maximum absolute atomic E-state index is 3.53. The van der Waals surface area contributed by atoms with Crippen molar-refractivity contribution in [3.8, 4) is 22.5 Å². The molecule has 2 aromatic heterocycles. The summed E-state index contributed by atoms with van der Waals surface area (Å²) < 4.78 is 4.75. The molecule has 0 aliphatic carbocycles. The van der Waals surface area contributed by atoms with Crippen molar-refractivity contribution in [3.63, 3.8) is 0 Å². The van der Waals surface area contributed by atoms with E-state index in [-0.39, 0.29) is 0 Å². The maximum Gasteiger partial charge on any atom is 0.0541 e. The summed E-state index contributed by atoms with van der Waals surface area (Å²) in [4.78, 5) is 0. The summed E-state index contributed by atoms with van der Waals surface area (Å²) in [6, 6.07) is 70.9. The monoisotopic (exact) mass is 756 g/mol. The summed E-state index contributed by atoms with van der Waals surface area (Å²) >= 11 is 3.53. The Balaban J connectivity index is 0.000000871. The van der Waals surface area contributed by atoms with Gasteiger partial charge in [0.1, 0.15) is 0 Å². The van der Waals surface area contributed by atoms with Gasteiger partial charge in [-0.25, -0.2) is 0 Å². The van der Waals surface area contributed by atoms with Crippen molar-refractivity contribution >= 4 is 56.2 Å². The highest BCUT2D eigenvalue weighted by Gasteiger charge is 2.13. The lowest BCUT2D eigenvalue weighted by Gasteiger charge is -2.10. The molecule has 0 atom stereocenters. The minimum atomic E-state index is 0.905. The first-order valence-electron chi connectivity index (χ1n) is 20.0. The van der Waals surface area contributed by atoms with E-state index in [9.17, 15) is 0 Å². The third-order valence-corrected chi connectivity index (χ3v) is 10.6. The minimum absolute atomic E-state index is 0.905. The molecule has 0 aliphatic rings. The Morgan fingerprint density at radius 1 is 0.316 bits per heavy atom. The molecular weight excluding hydrogens is 709 g/mol. The molecule has 10 rings (SSSR count). The fraction of sp³-hybridized carbons (Fsp3) is 0.111. The van der Waals surface area contributed by atoms with E-state index in [0.29, 0.717) is 0 Å². The predicted octanol–water partition coefficient (Wildman–Crippen LogP) is 14.7. The molecule has 2 heterocycles. The molecule has 0 amide bonds. The Kier molecular flexibility index (Phi) is 11.4. The highest BCUT2D eigenvalue weighted by Crippen LogP contribution is 2.33. The third kappa shape index (κ3) is 7.64. The zero-order valence-corrected chi connectivity index (χ0v) is 33.8. The van der Waals surface area contributed by atoms with Crippen molar-refractivity contribution < 1.29 is 0 Å². The van der Waals surface area contributed by atoms with Crippen LogP contribution in [0.15, 0.2) is 194 Å². The molecular formula is C54H48N2S. The first-order valence-corrected chi connectivity index (χ1v) is 20.9. The van der Waals surface area contributed by atoms with Gasteiger partial charge in [-0.1, -0.05) is 166 Å². The summed E-state index contributed by atoms with van der Waals surface area (Å²) in [7, 11) is 0. The van der Waals surface area contributed by atoms with Crippen LogP contribution in [0.3, 0.4) is 0 Å². The van der Waals surface area contributed by atoms with Gasteiger partial charge in [0.2, 0.25) is 0 Å². The van der Waals surface area contributed by atoms with E-state index in [2.05, 4.69) is 230 Å². The second-order valence-corrected chi connectivity index (χ2v) is 14.5. The third-order valence-electron chi connectivity index (χ3n) is 10.6. The van der Waals surface area contributed by atoms with Crippen molar-refractivity contribution in [2.75, 3.05) is 6.26 Å². The fourth-order valence-corrected chi connectivity index (χ4v) is 8.03. The van der Waals surface area contributed by atoms with Crippen molar-refractivity contribution in [1.29, 1.82) is 0 Å². The summed E-state index contributed by atoms with van der Waals surface area (Å²) in [5, 5.41) is 5.16. The summed E-state index contributed by atoms with van der Waals surface area (Å²) in [6.07, 6.45) is 4.75. The van der Waals surface area contributed by atoms with E-state index in [1.54, 1.807) is 6.26 Å². The second kappa shape index (κ2) is 17.2. The van der Waals surface area contributed by atoms with Crippen LogP contribution < -0.4 is 0 Å². The number of aromatic nitrogens is 2. The molecule has 0 saturated heterocycles. The zero-order chi connectivity index (χ0) is 39.1. The Hall–Kier alpha value is -6.29. The lowest BCUT2D eigenvalue weighted by molar-refractivity contribution is 1.09. The highest BCUT2D eigenvalue weighted by molar-refractivity contribution is 7.79. The molecule has 8 aromatic carbocycles. The van der Waals surface area contributed by atoms with Gasteiger partial charge < -0.3 is 9.13 Å². The number of thiol groups is 1. The van der Waals surface area contributed by atoms with Crippen LogP contribution >= 0.6 is 12.6 Å². The number of benzene rings is 8. The molecule has 0 fully saturated rings. The molecule has 0 N–H and O–H groups in total. The first kappa shape index (κ1) is 37.6. The molecule has 0 aliphatic heterocycles. The van der Waals surface area contributed by atoms with Gasteiger partial charge in [-0.15, -0.1) is 0 Å². The average Bonchev–Trinajstić information content (AvgIpc) is 3.79. The van der Waals surface area contributed by atoms with Crippen LogP contribution in [-0.4, -0.2) is 15.4 Å². The van der Waals surface area contributed by atoms with Crippen LogP contribution in [0, 0.1) is 0 Å². The number of para-hydroxylation sites is 4. The smallest absolute Gasteiger partial charge is 0.0541 e. The summed E-state index contributed by atoms with van der Waals surface area (Å²) in [5.74, 6) is 0. The predicted molar refractivity (Wildman–Crippen MR) is 250 cm³/mol. The lowest BCUT2D eigenvalue weighted by Crippen LogP contribution is -1.95. The highest BCUT2D eigenvalue weighted by atomic mass is 32.1. The molecule has 10 aromatic rings. The van der Waals surface area contributed by atoms with Gasteiger partial charge in [-0.2, -0.15) is 12.6 Å². The second-order valence-electron chi connectivity index (χ2n) is 14.5. The van der Waals surface area contributed by atoms with Crippen molar-refractivity contribution in [1.82, 2.24) is 9.13 Å². The first-order chi connectivity index (χ1) is 28.2. The zero-order valence-electron chi connectivity index (χ0n) is 32.9. The van der Waals surface area contributed by atoms with E-state index in [4.69, 9.17) is 0 Å². The topological polar surface area (TPSA) is 9.86 Å². The van der Waals surface area contributed by atoms with E-state index in [1.807, 2.05) is 0 Å². The van der Waals surface area contributed by atoms with Crippen LogP contribution in [0.4, 0.5) is 0 Å². The van der Waals surface area contributed by atoms with Crippen LogP contribution in [0.1, 0.15) is 42.5 Å². The Bertz CT molecular complexity index is 2570. The summed E-state index contributed by atoms with van der Waals surface area (Å²) in [6.45, 7) is 4.25. The fourth-order valence-electron chi connectivity index (χ4n) is 8.03. The molecule has 0 unspecified atom stereocenters. The molecule has 57 heavy (non-hydrogen) atoms. The van der Waals surface area contributed by atoms with Gasteiger partial charge >= 0.3 is 0 Å². The maximum atomic E-state index is 3.53. The summed E-state index contributed by atoms with van der Waals surface area (Å²) in [5.41, 5.74) is 15.1. The quantitative estimate of drug-likeness (QED) is 0.155. The Labute approximate surface area is 342 Å². The van der Waals surface area contributed by atoms with Crippen molar-refractivity contribution in [2.24, 2.45) is 0 Å². The molecule has 280 valence electrons. The van der Waals surface area contributed by atoms with Gasteiger partial charge in [0, 0.05) is 32.9 Å². The van der Waals surface area contributed by atoms with Gasteiger partial charge in [-0.3, -0.25) is 0 Å². The SMILES string of the molecule is CCC.CS.c1ccc2c(c1)c1ccccc1n2-c1ccc(Cc2ccc(-c3ccc(Cc4ccc(-n5c6ccccc6c6ccccc65)cc4)cc3)cc2)cc1. The Morgan fingerprint density at radius 3 is 0.807 bits per heavy atom. The number of hydrogen-bond acceptors (Lipinski definition) is 1. The number of nitrogens with zero attached hydrogens (tertiary/aromatic N) is 2. The van der Waals surface area contributed by atoms with Crippen LogP contribution in [0.2, 0.25) is 0 Å². The molecule has 0 radical (unpaired) electrons. The molecule has 0 spiro atoms. The van der Waals surface area contributed by atoms with E-state index in [1.165, 1.54) is 94.8 Å². The van der Waals surface area contributed by atoms with Gasteiger partial charge in [0.25, 0.3) is 0 Å². The molecule has 0 saturated carbocycles. The van der Waals surface area contributed by atoms with Crippen molar-refractivity contribution in [2.45, 2.75) is 33.1 Å². The molecule has 3 heteroatoms. The van der Waals surface area contributed by atoms with Gasteiger partial charge in [-0.05, 0) is 101 Å². The Morgan fingerprint density at radius 2 is 0.544 bits per heavy atom. The molecule has 2 nitrogen and oxygen atoms in total.